The fraction of sp³-hybridized carbons (Fsp3) is 0.611. The van der Waals surface area contributed by atoms with Crippen molar-refractivity contribution in [3.63, 3.8) is 0 Å². The molecular weight excluding hydrogens is 260 g/mol. The fourth-order valence-electron chi connectivity index (χ4n) is 2.12. The van der Waals surface area contributed by atoms with Gasteiger partial charge in [-0.2, -0.15) is 5.26 Å². The molecule has 1 unspecified atom stereocenters. The Balaban J connectivity index is 2.56. The van der Waals surface area contributed by atoms with E-state index >= 15 is 0 Å². The van der Waals surface area contributed by atoms with Crippen molar-refractivity contribution >= 4 is 0 Å². The van der Waals surface area contributed by atoms with E-state index in [4.69, 9.17) is 10.00 Å². The lowest BCUT2D eigenvalue weighted by molar-refractivity contribution is 0.287. The summed E-state index contributed by atoms with van der Waals surface area (Å²) in [4.78, 5) is 0. The Hall–Kier alpha value is -1.53. The number of hydrogen-bond donors (Lipinski definition) is 1. The van der Waals surface area contributed by atoms with Gasteiger partial charge < -0.3 is 10.1 Å². The molecule has 116 valence electrons. The third kappa shape index (κ3) is 5.06. The van der Waals surface area contributed by atoms with Gasteiger partial charge in [-0.05, 0) is 56.3 Å². The van der Waals surface area contributed by atoms with E-state index in [0.717, 1.165) is 18.6 Å². The molecule has 21 heavy (non-hydrogen) atoms. The lowest BCUT2D eigenvalue weighted by atomic mass is 9.86. The molecule has 0 spiro atoms. The molecule has 0 bridgehead atoms. The summed E-state index contributed by atoms with van der Waals surface area (Å²) in [6.45, 7) is 11.3. The molecule has 3 heteroatoms. The summed E-state index contributed by atoms with van der Waals surface area (Å²) in [5.41, 5.74) is 2.18. The summed E-state index contributed by atoms with van der Waals surface area (Å²) in [7, 11) is 1.82. The average Bonchev–Trinajstić information content (AvgIpc) is 2.43. The molecule has 1 atom stereocenters. The topological polar surface area (TPSA) is 45.0 Å². The number of rotatable bonds is 6. The highest BCUT2D eigenvalue weighted by Gasteiger charge is 2.20. The van der Waals surface area contributed by atoms with Crippen LogP contribution in [0.2, 0.25) is 0 Å². The summed E-state index contributed by atoms with van der Waals surface area (Å²) in [5.74, 6) is 0.936. The van der Waals surface area contributed by atoms with Crippen molar-refractivity contribution in [2.75, 3.05) is 13.7 Å². The molecule has 0 aromatic heterocycles. The quantitative estimate of drug-likeness (QED) is 0.806. The number of nitrogens with one attached hydrogen (secondary N) is 1. The standard InChI is InChI=1S/C18H28N2O/c1-14-12-15(17(2,3)4)8-9-16(14)21-11-7-10-18(5,13-19)20-6/h8-9,12,20H,7,10-11H2,1-6H3. The highest BCUT2D eigenvalue weighted by atomic mass is 16.5. The first-order chi connectivity index (χ1) is 9.72. The van der Waals surface area contributed by atoms with Crippen LogP contribution in [0.1, 0.15) is 51.7 Å². The molecule has 0 saturated heterocycles. The summed E-state index contributed by atoms with van der Waals surface area (Å²) in [5, 5.41) is 12.1. The first kappa shape index (κ1) is 17.5. The SMILES string of the molecule is CNC(C)(C#N)CCCOc1ccc(C(C)(C)C)cc1C. The van der Waals surface area contributed by atoms with E-state index < -0.39 is 5.54 Å². The van der Waals surface area contributed by atoms with Crippen molar-refractivity contribution in [1.82, 2.24) is 5.32 Å². The number of ether oxygens (including phenoxy) is 1. The number of nitriles is 1. The Morgan fingerprint density at radius 2 is 1.90 bits per heavy atom. The van der Waals surface area contributed by atoms with Crippen LogP contribution < -0.4 is 10.1 Å². The second-order valence-electron chi connectivity index (χ2n) is 6.88. The molecule has 1 aromatic carbocycles. The molecule has 1 aromatic rings. The molecule has 3 nitrogen and oxygen atoms in total. The van der Waals surface area contributed by atoms with Crippen LogP contribution in [0.15, 0.2) is 18.2 Å². The summed E-state index contributed by atoms with van der Waals surface area (Å²) < 4.78 is 5.85. The zero-order chi connectivity index (χ0) is 16.1. The summed E-state index contributed by atoms with van der Waals surface area (Å²) in [6, 6.07) is 8.68. The van der Waals surface area contributed by atoms with E-state index in [1.54, 1.807) is 0 Å². The molecule has 1 N–H and O–H groups in total. The molecule has 0 heterocycles. The van der Waals surface area contributed by atoms with Gasteiger partial charge in [0.15, 0.2) is 0 Å². The van der Waals surface area contributed by atoms with Crippen LogP contribution in [0.5, 0.6) is 5.75 Å². The van der Waals surface area contributed by atoms with Gasteiger partial charge in [-0.15, -0.1) is 0 Å². The zero-order valence-corrected chi connectivity index (χ0v) is 14.2. The second-order valence-corrected chi connectivity index (χ2v) is 6.88. The molecule has 1 rings (SSSR count). The highest BCUT2D eigenvalue weighted by molar-refractivity contribution is 5.38. The molecule has 0 radical (unpaired) electrons. The smallest absolute Gasteiger partial charge is 0.122 e. The van der Waals surface area contributed by atoms with E-state index in [2.05, 4.69) is 57.3 Å². The maximum atomic E-state index is 9.10. The van der Waals surface area contributed by atoms with Crippen molar-refractivity contribution < 1.29 is 4.74 Å². The maximum Gasteiger partial charge on any atom is 0.122 e. The largest absolute Gasteiger partial charge is 0.493 e. The fourth-order valence-corrected chi connectivity index (χ4v) is 2.12. The molecule has 0 fully saturated rings. The van der Waals surface area contributed by atoms with E-state index in [9.17, 15) is 0 Å². The van der Waals surface area contributed by atoms with Gasteiger partial charge in [-0.25, -0.2) is 0 Å². The van der Waals surface area contributed by atoms with Crippen LogP contribution in [-0.4, -0.2) is 19.2 Å². The van der Waals surface area contributed by atoms with E-state index in [1.807, 2.05) is 14.0 Å². The molecule has 0 aliphatic rings. The molecule has 0 aliphatic heterocycles. The van der Waals surface area contributed by atoms with Gasteiger partial charge in [-0.1, -0.05) is 32.9 Å². The zero-order valence-electron chi connectivity index (χ0n) is 14.2. The second kappa shape index (κ2) is 6.95. The minimum Gasteiger partial charge on any atom is -0.493 e. The lowest BCUT2D eigenvalue weighted by Gasteiger charge is -2.22. The highest BCUT2D eigenvalue weighted by Crippen LogP contribution is 2.27. The van der Waals surface area contributed by atoms with Crippen molar-refractivity contribution in [3.8, 4) is 11.8 Å². The Morgan fingerprint density at radius 1 is 1.24 bits per heavy atom. The first-order valence-corrected chi connectivity index (χ1v) is 7.56. The molecular formula is C18H28N2O. The predicted octanol–water partition coefficient (Wildman–Crippen LogP) is 3.95. The van der Waals surface area contributed by atoms with E-state index in [-0.39, 0.29) is 5.41 Å². The lowest BCUT2D eigenvalue weighted by Crippen LogP contribution is -2.38. The molecule has 0 aliphatic carbocycles. The minimum atomic E-state index is -0.464. The Morgan fingerprint density at radius 3 is 2.38 bits per heavy atom. The average molecular weight is 288 g/mol. The van der Waals surface area contributed by atoms with Crippen molar-refractivity contribution in [1.29, 1.82) is 5.26 Å². The van der Waals surface area contributed by atoms with Crippen molar-refractivity contribution in [2.24, 2.45) is 0 Å². The van der Waals surface area contributed by atoms with Gasteiger partial charge in [0.25, 0.3) is 0 Å². The van der Waals surface area contributed by atoms with Crippen LogP contribution in [0.25, 0.3) is 0 Å². The minimum absolute atomic E-state index is 0.157. The third-order valence-corrected chi connectivity index (χ3v) is 3.92. The number of nitrogens with zero attached hydrogens (tertiary/aromatic N) is 1. The van der Waals surface area contributed by atoms with Crippen LogP contribution >= 0.6 is 0 Å². The van der Waals surface area contributed by atoms with Crippen LogP contribution in [0, 0.1) is 18.3 Å². The summed E-state index contributed by atoms with van der Waals surface area (Å²) in [6.07, 6.45) is 1.63. The van der Waals surface area contributed by atoms with E-state index in [0.29, 0.717) is 6.61 Å². The van der Waals surface area contributed by atoms with Crippen LogP contribution in [-0.2, 0) is 5.41 Å². The van der Waals surface area contributed by atoms with E-state index in [1.165, 1.54) is 11.1 Å². The Kier molecular flexibility index (Phi) is 5.80. The Bertz CT molecular complexity index is 511. The molecule has 0 amide bonds. The van der Waals surface area contributed by atoms with Crippen LogP contribution in [0.3, 0.4) is 0 Å². The van der Waals surface area contributed by atoms with Gasteiger partial charge in [-0.3, -0.25) is 0 Å². The predicted molar refractivity (Wildman–Crippen MR) is 87.7 cm³/mol. The van der Waals surface area contributed by atoms with Crippen molar-refractivity contribution in [2.45, 2.75) is 58.4 Å². The first-order valence-electron chi connectivity index (χ1n) is 7.56. The normalized spacial score (nSPS) is 14.3. The molecule has 0 saturated carbocycles. The number of aryl methyl sites for hydroxylation is 1. The summed E-state index contributed by atoms with van der Waals surface area (Å²) >= 11 is 0. The van der Waals surface area contributed by atoms with Gasteiger partial charge in [0.1, 0.15) is 11.3 Å². The third-order valence-electron chi connectivity index (χ3n) is 3.92. The number of hydrogen-bond acceptors (Lipinski definition) is 3. The maximum absolute atomic E-state index is 9.10. The van der Waals surface area contributed by atoms with Gasteiger partial charge in [0.2, 0.25) is 0 Å². The monoisotopic (exact) mass is 288 g/mol. The Labute approximate surface area is 129 Å². The number of benzene rings is 1. The van der Waals surface area contributed by atoms with Crippen LogP contribution in [0.4, 0.5) is 0 Å². The van der Waals surface area contributed by atoms with Gasteiger partial charge in [0, 0.05) is 0 Å². The van der Waals surface area contributed by atoms with Gasteiger partial charge in [0.05, 0.1) is 12.7 Å². The van der Waals surface area contributed by atoms with Gasteiger partial charge >= 0.3 is 0 Å². The van der Waals surface area contributed by atoms with Crippen molar-refractivity contribution in [3.05, 3.63) is 29.3 Å².